The molecule has 0 aromatic carbocycles. The zero-order chi connectivity index (χ0) is 9.78. The maximum absolute atomic E-state index is 2.39. The van der Waals surface area contributed by atoms with Crippen LogP contribution in [0.15, 0.2) is 12.2 Å². The lowest BCUT2D eigenvalue weighted by molar-refractivity contribution is 0.162. The Morgan fingerprint density at radius 3 is 2.17 bits per heavy atom. The normalized spacial score (nSPS) is 15.9. The van der Waals surface area contributed by atoms with Crippen LogP contribution in [0.5, 0.6) is 0 Å². The molecule has 1 unspecified atom stereocenters. The third-order valence-electron chi connectivity index (χ3n) is 2.23. The molecule has 0 radical (unpaired) electrons. The molecule has 0 spiro atoms. The number of nitrogens with zero attached hydrogens (tertiary/aromatic N) is 1. The topological polar surface area (TPSA) is 3.24 Å². The van der Waals surface area contributed by atoms with Crippen LogP contribution in [0.3, 0.4) is 0 Å². The molecule has 0 N–H and O–H groups in total. The molecule has 0 aliphatic heterocycles. The van der Waals surface area contributed by atoms with Crippen LogP contribution in [-0.2, 0) is 0 Å². The van der Waals surface area contributed by atoms with Gasteiger partial charge in [-0.1, -0.05) is 19.1 Å². The van der Waals surface area contributed by atoms with Crippen LogP contribution in [0.1, 0.15) is 34.6 Å². The van der Waals surface area contributed by atoms with Gasteiger partial charge in [-0.05, 0) is 40.7 Å². The van der Waals surface area contributed by atoms with Gasteiger partial charge in [0, 0.05) is 12.1 Å². The van der Waals surface area contributed by atoms with E-state index in [0.717, 1.165) is 6.54 Å². The lowest BCUT2D eigenvalue weighted by Gasteiger charge is -2.33. The molecule has 0 heterocycles. The molecule has 1 nitrogen and oxygen atoms in total. The summed E-state index contributed by atoms with van der Waals surface area (Å²) >= 11 is 0. The van der Waals surface area contributed by atoms with E-state index in [-0.39, 0.29) is 5.54 Å². The van der Waals surface area contributed by atoms with Gasteiger partial charge in [0.05, 0.1) is 0 Å². The largest absolute Gasteiger partial charge is 0.301 e. The van der Waals surface area contributed by atoms with E-state index in [4.69, 9.17) is 0 Å². The molecule has 0 aliphatic rings. The third-order valence-corrected chi connectivity index (χ3v) is 2.23. The fourth-order valence-electron chi connectivity index (χ4n) is 1.10. The van der Waals surface area contributed by atoms with Crippen LogP contribution >= 0.6 is 0 Å². The highest BCUT2D eigenvalue weighted by atomic mass is 15.2. The summed E-state index contributed by atoms with van der Waals surface area (Å²) in [6.45, 7) is 12.2. The van der Waals surface area contributed by atoms with E-state index in [1.165, 1.54) is 0 Å². The molecule has 0 fully saturated rings. The van der Waals surface area contributed by atoms with Gasteiger partial charge in [0.15, 0.2) is 0 Å². The summed E-state index contributed by atoms with van der Waals surface area (Å²) in [5.74, 6) is 0.652. The first-order chi connectivity index (χ1) is 5.38. The highest BCUT2D eigenvalue weighted by molar-refractivity contribution is 4.86. The van der Waals surface area contributed by atoms with Gasteiger partial charge in [0.2, 0.25) is 0 Å². The smallest absolute Gasteiger partial charge is 0.0122 e. The van der Waals surface area contributed by atoms with Crippen LogP contribution < -0.4 is 0 Å². The molecule has 1 atom stereocenters. The molecule has 1 heteroatoms. The summed E-state index contributed by atoms with van der Waals surface area (Å²) < 4.78 is 0. The SMILES string of the molecule is C/C=C\C(C)CN(C)C(C)(C)C. The van der Waals surface area contributed by atoms with Gasteiger partial charge in [0.25, 0.3) is 0 Å². The maximum Gasteiger partial charge on any atom is 0.0122 e. The third kappa shape index (κ3) is 4.55. The van der Waals surface area contributed by atoms with Crippen molar-refractivity contribution in [1.29, 1.82) is 0 Å². The first kappa shape index (κ1) is 11.7. The van der Waals surface area contributed by atoms with Crippen molar-refractivity contribution in [3.05, 3.63) is 12.2 Å². The van der Waals surface area contributed by atoms with Crippen molar-refractivity contribution in [3.8, 4) is 0 Å². The second-order valence-electron chi connectivity index (χ2n) is 4.55. The van der Waals surface area contributed by atoms with E-state index in [1.54, 1.807) is 0 Å². The van der Waals surface area contributed by atoms with Crippen LogP contribution in [0.25, 0.3) is 0 Å². The fourth-order valence-corrected chi connectivity index (χ4v) is 1.10. The van der Waals surface area contributed by atoms with Gasteiger partial charge in [-0.15, -0.1) is 0 Å². The maximum atomic E-state index is 2.39. The van der Waals surface area contributed by atoms with Gasteiger partial charge < -0.3 is 4.90 Å². The molecule has 0 amide bonds. The van der Waals surface area contributed by atoms with Crippen molar-refractivity contribution in [2.75, 3.05) is 13.6 Å². The molecule has 0 aliphatic carbocycles. The summed E-state index contributed by atoms with van der Waals surface area (Å²) in [5.41, 5.74) is 0.288. The summed E-state index contributed by atoms with van der Waals surface area (Å²) in [6, 6.07) is 0. The van der Waals surface area contributed by atoms with Crippen molar-refractivity contribution >= 4 is 0 Å². The Morgan fingerprint density at radius 2 is 1.83 bits per heavy atom. The monoisotopic (exact) mass is 169 g/mol. The van der Waals surface area contributed by atoms with Gasteiger partial charge >= 0.3 is 0 Å². The predicted molar refractivity (Wildman–Crippen MR) is 56.4 cm³/mol. The number of hydrogen-bond donors (Lipinski definition) is 0. The molecular weight excluding hydrogens is 146 g/mol. The van der Waals surface area contributed by atoms with Gasteiger partial charge in [-0.3, -0.25) is 0 Å². The molecular formula is C11H23N. The molecule has 12 heavy (non-hydrogen) atoms. The van der Waals surface area contributed by atoms with Crippen molar-refractivity contribution in [1.82, 2.24) is 4.90 Å². The predicted octanol–water partition coefficient (Wildman–Crippen LogP) is 2.93. The minimum atomic E-state index is 0.288. The highest BCUT2D eigenvalue weighted by Crippen LogP contribution is 2.12. The number of hydrogen-bond acceptors (Lipinski definition) is 1. The molecule has 0 aromatic rings. The Labute approximate surface area is 77.5 Å². The minimum Gasteiger partial charge on any atom is -0.301 e. The number of allylic oxidation sites excluding steroid dienone is 1. The van der Waals surface area contributed by atoms with Crippen molar-refractivity contribution < 1.29 is 0 Å². The highest BCUT2D eigenvalue weighted by Gasteiger charge is 2.17. The summed E-state index contributed by atoms with van der Waals surface area (Å²) in [6.07, 6.45) is 4.38. The summed E-state index contributed by atoms with van der Waals surface area (Å²) in [4.78, 5) is 2.39. The van der Waals surface area contributed by atoms with Crippen molar-refractivity contribution in [2.24, 2.45) is 5.92 Å². The molecule has 0 saturated carbocycles. The Balaban J connectivity index is 3.92. The fraction of sp³-hybridized carbons (Fsp3) is 0.818. The summed E-state index contributed by atoms with van der Waals surface area (Å²) in [5, 5.41) is 0. The number of rotatable bonds is 3. The van der Waals surface area contributed by atoms with E-state index in [1.807, 2.05) is 0 Å². The molecule has 0 aromatic heterocycles. The standard InChI is InChI=1S/C11H23N/c1-7-8-10(2)9-12(6)11(3,4)5/h7-8,10H,9H2,1-6H3/b8-7-. The Morgan fingerprint density at radius 1 is 1.33 bits per heavy atom. The van der Waals surface area contributed by atoms with Crippen molar-refractivity contribution in [3.63, 3.8) is 0 Å². The Kier molecular flexibility index (Phi) is 4.54. The van der Waals surface area contributed by atoms with Crippen LogP contribution in [-0.4, -0.2) is 24.0 Å². The van der Waals surface area contributed by atoms with E-state index in [0.29, 0.717) is 5.92 Å². The van der Waals surface area contributed by atoms with Crippen molar-refractivity contribution in [2.45, 2.75) is 40.2 Å². The molecule has 0 bridgehead atoms. The van der Waals surface area contributed by atoms with Gasteiger partial charge in [-0.2, -0.15) is 0 Å². The zero-order valence-corrected chi connectivity index (χ0v) is 9.39. The lowest BCUT2D eigenvalue weighted by Crippen LogP contribution is -2.40. The Hall–Kier alpha value is -0.300. The average Bonchev–Trinajstić information content (AvgIpc) is 1.85. The molecule has 0 rings (SSSR count). The Bertz CT molecular complexity index is 142. The average molecular weight is 169 g/mol. The lowest BCUT2D eigenvalue weighted by atomic mass is 10.0. The van der Waals surface area contributed by atoms with E-state index >= 15 is 0 Å². The zero-order valence-electron chi connectivity index (χ0n) is 9.39. The van der Waals surface area contributed by atoms with E-state index in [9.17, 15) is 0 Å². The summed E-state index contributed by atoms with van der Waals surface area (Å²) in [7, 11) is 2.18. The molecule has 72 valence electrons. The second-order valence-corrected chi connectivity index (χ2v) is 4.55. The van der Waals surface area contributed by atoms with E-state index in [2.05, 4.69) is 58.7 Å². The van der Waals surface area contributed by atoms with Crippen LogP contribution in [0.4, 0.5) is 0 Å². The quantitative estimate of drug-likeness (QED) is 0.587. The first-order valence-corrected chi connectivity index (χ1v) is 4.72. The van der Waals surface area contributed by atoms with Crippen LogP contribution in [0.2, 0.25) is 0 Å². The minimum absolute atomic E-state index is 0.288. The van der Waals surface area contributed by atoms with E-state index < -0.39 is 0 Å². The van der Waals surface area contributed by atoms with Crippen LogP contribution in [0, 0.1) is 5.92 Å². The second kappa shape index (κ2) is 4.66. The first-order valence-electron chi connectivity index (χ1n) is 4.72. The molecule has 0 saturated heterocycles. The van der Waals surface area contributed by atoms with Gasteiger partial charge in [-0.25, -0.2) is 0 Å². The van der Waals surface area contributed by atoms with Gasteiger partial charge in [0.1, 0.15) is 0 Å².